The number of carbonyl (C=O) groups is 1. The molecule has 4 heteroatoms. The van der Waals surface area contributed by atoms with Crippen LogP contribution in [0, 0.1) is 0 Å². The molecule has 0 aromatic heterocycles. The van der Waals surface area contributed by atoms with Gasteiger partial charge in [-0.3, -0.25) is 4.79 Å². The molecule has 0 atom stereocenters. The molecule has 1 aromatic carbocycles. The molecule has 1 heterocycles. The molecular weight excluding hydrogens is 244 g/mol. The number of rotatable bonds is 1. The highest BCUT2D eigenvalue weighted by molar-refractivity contribution is 9.10. The molecule has 1 aliphatic rings. The maximum atomic E-state index is 11.8. The second-order valence-corrected chi connectivity index (χ2v) is 4.40. The van der Waals surface area contributed by atoms with E-state index in [1.54, 1.807) is 4.90 Å². The topological polar surface area (TPSA) is 46.3 Å². The van der Waals surface area contributed by atoms with Crippen molar-refractivity contribution in [2.75, 3.05) is 13.1 Å². The van der Waals surface area contributed by atoms with Crippen LogP contribution in [0.3, 0.4) is 0 Å². The van der Waals surface area contributed by atoms with Crippen molar-refractivity contribution in [3.8, 4) is 0 Å². The predicted octanol–water partition coefficient (Wildman–Crippen LogP) is 1.23. The first kappa shape index (κ1) is 9.68. The van der Waals surface area contributed by atoms with Crippen molar-refractivity contribution < 1.29 is 4.79 Å². The Bertz CT molecular complexity index is 361. The molecule has 1 amide bonds. The van der Waals surface area contributed by atoms with Gasteiger partial charge in [-0.05, 0) is 18.2 Å². The molecule has 1 aromatic rings. The molecule has 1 fully saturated rings. The minimum atomic E-state index is 0.0630. The molecule has 2 N–H and O–H groups in total. The van der Waals surface area contributed by atoms with Gasteiger partial charge in [0.1, 0.15) is 0 Å². The molecule has 1 saturated heterocycles. The van der Waals surface area contributed by atoms with Gasteiger partial charge in [0.15, 0.2) is 0 Å². The Morgan fingerprint density at radius 2 is 2.21 bits per heavy atom. The second-order valence-electron chi connectivity index (χ2n) is 3.48. The fourth-order valence-corrected chi connectivity index (χ4v) is 1.88. The molecule has 2 rings (SSSR count). The number of likely N-dealkylation sites (tertiary alicyclic amines) is 1. The zero-order chi connectivity index (χ0) is 10.1. The predicted molar refractivity (Wildman–Crippen MR) is 58.0 cm³/mol. The number of halogens is 1. The van der Waals surface area contributed by atoms with Crippen molar-refractivity contribution in [1.82, 2.24) is 4.90 Å². The van der Waals surface area contributed by atoms with Crippen LogP contribution in [0.5, 0.6) is 0 Å². The largest absolute Gasteiger partial charge is 0.335 e. The van der Waals surface area contributed by atoms with Crippen LogP contribution < -0.4 is 5.73 Å². The molecule has 0 spiro atoms. The lowest BCUT2D eigenvalue weighted by Gasteiger charge is -2.36. The van der Waals surface area contributed by atoms with E-state index in [1.807, 2.05) is 24.3 Å². The van der Waals surface area contributed by atoms with Crippen LogP contribution in [0.2, 0.25) is 0 Å². The second kappa shape index (κ2) is 3.71. The van der Waals surface area contributed by atoms with Gasteiger partial charge in [0.25, 0.3) is 5.91 Å². The van der Waals surface area contributed by atoms with E-state index in [4.69, 9.17) is 5.73 Å². The third-order valence-electron chi connectivity index (χ3n) is 2.27. The summed E-state index contributed by atoms with van der Waals surface area (Å²) >= 11 is 3.34. The average molecular weight is 255 g/mol. The Hall–Kier alpha value is -0.870. The van der Waals surface area contributed by atoms with Gasteiger partial charge in [-0.25, -0.2) is 0 Å². The molecule has 1 aliphatic heterocycles. The van der Waals surface area contributed by atoms with Crippen molar-refractivity contribution >= 4 is 21.8 Å². The van der Waals surface area contributed by atoms with Crippen molar-refractivity contribution in [3.63, 3.8) is 0 Å². The van der Waals surface area contributed by atoms with Gasteiger partial charge in [-0.15, -0.1) is 0 Å². The third-order valence-corrected chi connectivity index (χ3v) is 2.76. The van der Waals surface area contributed by atoms with Gasteiger partial charge in [-0.2, -0.15) is 0 Å². The highest BCUT2D eigenvalue weighted by atomic mass is 79.9. The van der Waals surface area contributed by atoms with Crippen LogP contribution in [-0.2, 0) is 0 Å². The fraction of sp³-hybridized carbons (Fsp3) is 0.300. The van der Waals surface area contributed by atoms with Crippen molar-refractivity contribution in [3.05, 3.63) is 34.3 Å². The number of amides is 1. The molecule has 0 aliphatic carbocycles. The summed E-state index contributed by atoms with van der Waals surface area (Å²) in [6.07, 6.45) is 0. The minimum absolute atomic E-state index is 0.0630. The van der Waals surface area contributed by atoms with Crippen molar-refractivity contribution in [2.24, 2.45) is 5.73 Å². The van der Waals surface area contributed by atoms with Crippen LogP contribution in [0.25, 0.3) is 0 Å². The number of carbonyl (C=O) groups excluding carboxylic acids is 1. The van der Waals surface area contributed by atoms with Gasteiger partial charge in [0, 0.05) is 29.2 Å². The Morgan fingerprint density at radius 1 is 1.50 bits per heavy atom. The van der Waals surface area contributed by atoms with Gasteiger partial charge in [0.2, 0.25) is 0 Å². The Morgan fingerprint density at radius 3 is 2.79 bits per heavy atom. The molecule has 0 radical (unpaired) electrons. The lowest BCUT2D eigenvalue weighted by Crippen LogP contribution is -2.57. The standard InChI is InChI=1S/C10H11BrN2O/c11-8-3-1-2-7(4-8)10(14)13-5-9(12)6-13/h1-4,9H,5-6,12H2. The summed E-state index contributed by atoms with van der Waals surface area (Å²) in [7, 11) is 0. The number of hydrogen-bond donors (Lipinski definition) is 1. The number of hydrogen-bond acceptors (Lipinski definition) is 2. The molecule has 3 nitrogen and oxygen atoms in total. The lowest BCUT2D eigenvalue weighted by atomic mass is 10.1. The molecule has 0 bridgehead atoms. The average Bonchev–Trinajstić information content (AvgIpc) is 2.12. The summed E-state index contributed by atoms with van der Waals surface area (Å²) in [6, 6.07) is 7.56. The van der Waals surface area contributed by atoms with Crippen LogP contribution in [0.4, 0.5) is 0 Å². The summed E-state index contributed by atoms with van der Waals surface area (Å²) in [5.74, 6) is 0.0630. The zero-order valence-electron chi connectivity index (χ0n) is 7.61. The van der Waals surface area contributed by atoms with E-state index in [0.717, 1.165) is 4.47 Å². The summed E-state index contributed by atoms with van der Waals surface area (Å²) < 4.78 is 0.924. The van der Waals surface area contributed by atoms with Crippen molar-refractivity contribution in [2.45, 2.75) is 6.04 Å². The van der Waals surface area contributed by atoms with Gasteiger partial charge in [0.05, 0.1) is 0 Å². The smallest absolute Gasteiger partial charge is 0.254 e. The van der Waals surface area contributed by atoms with Crippen LogP contribution in [0.1, 0.15) is 10.4 Å². The molecule has 74 valence electrons. The van der Waals surface area contributed by atoms with E-state index in [0.29, 0.717) is 18.7 Å². The summed E-state index contributed by atoms with van der Waals surface area (Å²) in [5, 5.41) is 0. The summed E-state index contributed by atoms with van der Waals surface area (Å²) in [4.78, 5) is 13.5. The van der Waals surface area contributed by atoms with E-state index in [2.05, 4.69) is 15.9 Å². The SMILES string of the molecule is NC1CN(C(=O)c2cccc(Br)c2)C1. The maximum absolute atomic E-state index is 11.8. The Labute approximate surface area is 91.0 Å². The van der Waals surface area contributed by atoms with E-state index < -0.39 is 0 Å². The van der Waals surface area contributed by atoms with E-state index in [-0.39, 0.29) is 11.9 Å². The molecule has 0 saturated carbocycles. The van der Waals surface area contributed by atoms with E-state index in [1.165, 1.54) is 0 Å². The van der Waals surface area contributed by atoms with E-state index >= 15 is 0 Å². The lowest BCUT2D eigenvalue weighted by molar-refractivity contribution is 0.0608. The normalized spacial score (nSPS) is 16.6. The highest BCUT2D eigenvalue weighted by Gasteiger charge is 2.28. The number of nitrogens with zero attached hydrogens (tertiary/aromatic N) is 1. The molecule has 14 heavy (non-hydrogen) atoms. The van der Waals surface area contributed by atoms with Crippen molar-refractivity contribution in [1.29, 1.82) is 0 Å². The van der Waals surface area contributed by atoms with Gasteiger partial charge < -0.3 is 10.6 Å². The Balaban J connectivity index is 2.12. The molecule has 0 unspecified atom stereocenters. The van der Waals surface area contributed by atoms with Gasteiger partial charge >= 0.3 is 0 Å². The van der Waals surface area contributed by atoms with E-state index in [9.17, 15) is 4.79 Å². The quantitative estimate of drug-likeness (QED) is 0.820. The summed E-state index contributed by atoms with van der Waals surface area (Å²) in [6.45, 7) is 1.34. The molecular formula is C10H11BrN2O. The highest BCUT2D eigenvalue weighted by Crippen LogP contribution is 2.16. The minimum Gasteiger partial charge on any atom is -0.335 e. The fourth-order valence-electron chi connectivity index (χ4n) is 1.48. The summed E-state index contributed by atoms with van der Waals surface area (Å²) in [5.41, 5.74) is 6.33. The maximum Gasteiger partial charge on any atom is 0.254 e. The first-order valence-electron chi connectivity index (χ1n) is 4.47. The Kier molecular flexibility index (Phi) is 2.56. The van der Waals surface area contributed by atoms with Crippen LogP contribution in [0.15, 0.2) is 28.7 Å². The third kappa shape index (κ3) is 1.81. The van der Waals surface area contributed by atoms with Crippen LogP contribution >= 0.6 is 15.9 Å². The number of nitrogens with two attached hydrogens (primary N) is 1. The first-order chi connectivity index (χ1) is 6.66. The first-order valence-corrected chi connectivity index (χ1v) is 5.26. The number of benzene rings is 1. The van der Waals surface area contributed by atoms with Gasteiger partial charge in [-0.1, -0.05) is 22.0 Å². The van der Waals surface area contributed by atoms with Crippen LogP contribution in [-0.4, -0.2) is 29.9 Å². The zero-order valence-corrected chi connectivity index (χ0v) is 9.20. The monoisotopic (exact) mass is 254 g/mol.